The molecule has 2 heterocycles. The highest BCUT2D eigenvalue weighted by Gasteiger charge is 2.34. The SMILES string of the molecule is CSc1cc(=O)n([C@H]2C[C@H](O)[C@@H](CO)O2)cc1C. The fraction of sp³-hybridized carbons (Fsp3) is 0.583. The van der Waals surface area contributed by atoms with Crippen LogP contribution >= 0.6 is 11.8 Å². The minimum absolute atomic E-state index is 0.152. The molecule has 2 N–H and O–H groups in total. The Morgan fingerprint density at radius 3 is 2.89 bits per heavy atom. The van der Waals surface area contributed by atoms with E-state index in [4.69, 9.17) is 9.84 Å². The van der Waals surface area contributed by atoms with Crippen molar-refractivity contribution in [1.82, 2.24) is 4.57 Å². The van der Waals surface area contributed by atoms with E-state index in [1.165, 1.54) is 16.3 Å². The van der Waals surface area contributed by atoms with Crippen LogP contribution in [-0.4, -0.2) is 39.9 Å². The zero-order chi connectivity index (χ0) is 13.3. The van der Waals surface area contributed by atoms with E-state index in [0.717, 1.165) is 10.5 Å². The third-order valence-electron chi connectivity index (χ3n) is 3.14. The van der Waals surface area contributed by atoms with E-state index in [1.54, 1.807) is 12.3 Å². The smallest absolute Gasteiger partial charge is 0.253 e. The number of pyridine rings is 1. The van der Waals surface area contributed by atoms with Gasteiger partial charge in [0.2, 0.25) is 0 Å². The Morgan fingerprint density at radius 1 is 1.61 bits per heavy atom. The Hall–Kier alpha value is -0.820. The second kappa shape index (κ2) is 5.44. The molecule has 0 saturated carbocycles. The number of aliphatic hydroxyl groups excluding tert-OH is 2. The van der Waals surface area contributed by atoms with Crippen LogP contribution in [0.25, 0.3) is 0 Å². The molecule has 18 heavy (non-hydrogen) atoms. The van der Waals surface area contributed by atoms with Gasteiger partial charge in [-0.2, -0.15) is 0 Å². The molecular formula is C12H17NO4S. The molecular weight excluding hydrogens is 254 g/mol. The van der Waals surface area contributed by atoms with Crippen molar-refractivity contribution in [3.05, 3.63) is 28.2 Å². The first-order valence-electron chi connectivity index (χ1n) is 5.78. The van der Waals surface area contributed by atoms with Gasteiger partial charge < -0.3 is 14.9 Å². The molecule has 0 aromatic carbocycles. The van der Waals surface area contributed by atoms with Crippen molar-refractivity contribution in [1.29, 1.82) is 0 Å². The summed E-state index contributed by atoms with van der Waals surface area (Å²) in [4.78, 5) is 12.9. The standard InChI is InChI=1S/C12H17NO4S/c1-7-5-13(11(16)4-10(7)18-2)12-3-8(15)9(6-14)17-12/h4-5,8-9,12,14-15H,3,6H2,1-2H3/t8-,9+,12+/m0/s1. The van der Waals surface area contributed by atoms with E-state index >= 15 is 0 Å². The maximum atomic E-state index is 12.0. The van der Waals surface area contributed by atoms with E-state index in [-0.39, 0.29) is 12.2 Å². The zero-order valence-corrected chi connectivity index (χ0v) is 11.2. The maximum absolute atomic E-state index is 12.0. The number of rotatable bonds is 3. The second-order valence-electron chi connectivity index (χ2n) is 4.39. The summed E-state index contributed by atoms with van der Waals surface area (Å²) in [6.07, 6.45) is 2.15. The van der Waals surface area contributed by atoms with Gasteiger partial charge in [-0.05, 0) is 18.7 Å². The average Bonchev–Trinajstić information content (AvgIpc) is 2.72. The van der Waals surface area contributed by atoms with Crippen molar-refractivity contribution < 1.29 is 14.9 Å². The van der Waals surface area contributed by atoms with E-state index in [0.29, 0.717) is 6.42 Å². The minimum Gasteiger partial charge on any atom is -0.394 e. The van der Waals surface area contributed by atoms with Gasteiger partial charge in [0.25, 0.3) is 5.56 Å². The monoisotopic (exact) mass is 271 g/mol. The van der Waals surface area contributed by atoms with E-state index < -0.39 is 18.4 Å². The molecule has 100 valence electrons. The molecule has 1 aliphatic rings. The molecule has 0 radical (unpaired) electrons. The fourth-order valence-electron chi connectivity index (χ4n) is 2.13. The summed E-state index contributed by atoms with van der Waals surface area (Å²) in [7, 11) is 0. The molecule has 1 aliphatic heterocycles. The van der Waals surface area contributed by atoms with Gasteiger partial charge in [0.15, 0.2) is 0 Å². The quantitative estimate of drug-likeness (QED) is 0.784. The lowest BCUT2D eigenvalue weighted by Gasteiger charge is -2.16. The molecule has 1 fully saturated rings. The highest BCUT2D eigenvalue weighted by molar-refractivity contribution is 7.98. The maximum Gasteiger partial charge on any atom is 0.253 e. The van der Waals surface area contributed by atoms with Crippen molar-refractivity contribution in [2.45, 2.75) is 36.7 Å². The third kappa shape index (κ3) is 2.47. The van der Waals surface area contributed by atoms with E-state index in [2.05, 4.69) is 0 Å². The first-order valence-corrected chi connectivity index (χ1v) is 7.00. The predicted octanol–water partition coefficient (Wildman–Crippen LogP) is 0.519. The number of hydrogen-bond donors (Lipinski definition) is 2. The molecule has 5 nitrogen and oxygen atoms in total. The summed E-state index contributed by atoms with van der Waals surface area (Å²) < 4.78 is 6.95. The van der Waals surface area contributed by atoms with Crippen LogP contribution in [0.2, 0.25) is 0 Å². The van der Waals surface area contributed by atoms with Crippen molar-refractivity contribution in [3.63, 3.8) is 0 Å². The molecule has 3 atom stereocenters. The van der Waals surface area contributed by atoms with Gasteiger partial charge in [0.05, 0.1) is 12.7 Å². The number of nitrogens with zero attached hydrogens (tertiary/aromatic N) is 1. The highest BCUT2D eigenvalue weighted by Crippen LogP contribution is 2.28. The number of ether oxygens (including phenoxy) is 1. The lowest BCUT2D eigenvalue weighted by atomic mass is 10.2. The van der Waals surface area contributed by atoms with E-state index in [9.17, 15) is 9.90 Å². The van der Waals surface area contributed by atoms with Crippen molar-refractivity contribution in [2.24, 2.45) is 0 Å². The molecule has 1 saturated heterocycles. The summed E-state index contributed by atoms with van der Waals surface area (Å²) >= 11 is 1.52. The first-order chi connectivity index (χ1) is 8.56. The predicted molar refractivity (Wildman–Crippen MR) is 68.8 cm³/mol. The zero-order valence-electron chi connectivity index (χ0n) is 10.4. The Kier molecular flexibility index (Phi) is 4.11. The molecule has 0 spiro atoms. The Balaban J connectivity index is 2.30. The van der Waals surface area contributed by atoms with Gasteiger partial charge in [-0.15, -0.1) is 11.8 Å². The van der Waals surface area contributed by atoms with Gasteiger partial charge in [-0.3, -0.25) is 9.36 Å². The van der Waals surface area contributed by atoms with Crippen molar-refractivity contribution in [3.8, 4) is 0 Å². The van der Waals surface area contributed by atoms with Crippen LogP contribution in [0.4, 0.5) is 0 Å². The van der Waals surface area contributed by atoms with Crippen molar-refractivity contribution >= 4 is 11.8 Å². The topological polar surface area (TPSA) is 71.7 Å². The molecule has 0 amide bonds. The summed E-state index contributed by atoms with van der Waals surface area (Å²) in [5, 5.41) is 18.7. The van der Waals surface area contributed by atoms with E-state index in [1.807, 2.05) is 13.2 Å². The lowest BCUT2D eigenvalue weighted by Crippen LogP contribution is -2.26. The molecule has 6 heteroatoms. The molecule has 0 bridgehead atoms. The van der Waals surface area contributed by atoms with Gasteiger partial charge >= 0.3 is 0 Å². The largest absolute Gasteiger partial charge is 0.394 e. The van der Waals surface area contributed by atoms with Crippen LogP contribution in [-0.2, 0) is 4.74 Å². The van der Waals surface area contributed by atoms with Crippen LogP contribution in [0, 0.1) is 6.92 Å². The summed E-state index contributed by atoms with van der Waals surface area (Å²) in [5.41, 5.74) is 0.841. The molecule has 2 rings (SSSR count). The summed E-state index contributed by atoms with van der Waals surface area (Å²) in [5.74, 6) is 0. The Labute approximate surface area is 109 Å². The minimum atomic E-state index is -0.729. The number of aromatic nitrogens is 1. The van der Waals surface area contributed by atoms with Gasteiger partial charge in [0, 0.05) is 23.6 Å². The number of thioether (sulfide) groups is 1. The normalized spacial score (nSPS) is 27.7. The third-order valence-corrected chi connectivity index (χ3v) is 4.02. The Morgan fingerprint density at radius 2 is 2.33 bits per heavy atom. The average molecular weight is 271 g/mol. The van der Waals surface area contributed by atoms with Crippen LogP contribution in [0.1, 0.15) is 18.2 Å². The van der Waals surface area contributed by atoms with Gasteiger partial charge in [-0.25, -0.2) is 0 Å². The number of aryl methyl sites for hydroxylation is 1. The number of aliphatic hydroxyl groups is 2. The van der Waals surface area contributed by atoms with Gasteiger partial charge in [0.1, 0.15) is 12.3 Å². The van der Waals surface area contributed by atoms with Crippen LogP contribution in [0.5, 0.6) is 0 Å². The molecule has 1 aromatic rings. The Bertz CT molecular complexity index is 487. The molecule has 0 unspecified atom stereocenters. The van der Waals surface area contributed by atoms with Crippen molar-refractivity contribution in [2.75, 3.05) is 12.9 Å². The van der Waals surface area contributed by atoms with Crippen LogP contribution in [0.15, 0.2) is 22.0 Å². The lowest BCUT2D eigenvalue weighted by molar-refractivity contribution is -0.0455. The molecule has 0 aliphatic carbocycles. The molecule has 1 aromatic heterocycles. The van der Waals surface area contributed by atoms with Crippen LogP contribution in [0.3, 0.4) is 0 Å². The summed E-state index contributed by atoms with van der Waals surface area (Å²) in [6.45, 7) is 1.69. The van der Waals surface area contributed by atoms with Gasteiger partial charge in [-0.1, -0.05) is 0 Å². The second-order valence-corrected chi connectivity index (χ2v) is 5.23. The first kappa shape index (κ1) is 13.6. The fourth-order valence-corrected chi connectivity index (χ4v) is 2.72. The summed E-state index contributed by atoms with van der Waals surface area (Å²) in [6, 6.07) is 1.57. The number of hydrogen-bond acceptors (Lipinski definition) is 5. The van der Waals surface area contributed by atoms with Crippen LogP contribution < -0.4 is 5.56 Å². The highest BCUT2D eigenvalue weighted by atomic mass is 32.2.